The van der Waals surface area contributed by atoms with Crippen LogP contribution in [-0.4, -0.2) is 23.0 Å². The van der Waals surface area contributed by atoms with Crippen molar-refractivity contribution in [2.75, 3.05) is 7.05 Å². The number of guanidine groups is 1. The second-order valence-electron chi connectivity index (χ2n) is 7.87. The quantitative estimate of drug-likeness (QED) is 0.453. The van der Waals surface area contributed by atoms with Gasteiger partial charge in [0.1, 0.15) is 5.76 Å². The van der Waals surface area contributed by atoms with Gasteiger partial charge in [-0.1, -0.05) is 51.1 Å². The van der Waals surface area contributed by atoms with E-state index in [9.17, 15) is 0 Å². The summed E-state index contributed by atoms with van der Waals surface area (Å²) < 4.78 is 5.81. The first-order chi connectivity index (χ1) is 13.9. The van der Waals surface area contributed by atoms with Crippen molar-refractivity contribution in [3.63, 3.8) is 0 Å². The summed E-state index contributed by atoms with van der Waals surface area (Å²) in [6.45, 7) is 7.42. The van der Waals surface area contributed by atoms with Crippen molar-refractivity contribution in [3.05, 3.63) is 69.8 Å². The smallest absolute Gasteiger partial charge is 0.213 e. The van der Waals surface area contributed by atoms with E-state index in [1.165, 1.54) is 5.56 Å². The first-order valence-electron chi connectivity index (χ1n) is 9.81. The molecule has 3 aromatic rings. The third-order valence-electron chi connectivity index (χ3n) is 4.43. The Morgan fingerprint density at radius 2 is 1.86 bits per heavy atom. The van der Waals surface area contributed by atoms with Crippen molar-refractivity contribution in [1.82, 2.24) is 20.6 Å². The average molecular weight is 412 g/mol. The third-order valence-corrected chi connectivity index (χ3v) is 5.39. The number of aryl methyl sites for hydroxylation is 2. The van der Waals surface area contributed by atoms with E-state index in [4.69, 9.17) is 9.40 Å². The largest absolute Gasteiger partial charge is 0.443 e. The topological polar surface area (TPSA) is 75.3 Å². The number of oxazole rings is 1. The van der Waals surface area contributed by atoms with E-state index in [0.717, 1.165) is 29.3 Å². The second kappa shape index (κ2) is 9.69. The van der Waals surface area contributed by atoms with Gasteiger partial charge in [0, 0.05) is 24.3 Å². The van der Waals surface area contributed by atoms with Gasteiger partial charge in [-0.2, -0.15) is 0 Å². The van der Waals surface area contributed by atoms with Crippen LogP contribution in [-0.2, 0) is 31.3 Å². The molecular weight excluding hydrogens is 382 g/mol. The van der Waals surface area contributed by atoms with Crippen molar-refractivity contribution in [3.8, 4) is 0 Å². The minimum Gasteiger partial charge on any atom is -0.443 e. The van der Waals surface area contributed by atoms with Crippen LogP contribution in [0.4, 0.5) is 0 Å². The van der Waals surface area contributed by atoms with E-state index < -0.39 is 0 Å². The summed E-state index contributed by atoms with van der Waals surface area (Å²) in [6, 6.07) is 10.5. The maximum Gasteiger partial charge on any atom is 0.213 e. The molecule has 2 aromatic heterocycles. The number of rotatable bonds is 7. The van der Waals surface area contributed by atoms with E-state index in [-0.39, 0.29) is 5.41 Å². The number of hydrogen-bond acceptors (Lipinski definition) is 5. The lowest BCUT2D eigenvalue weighted by atomic mass is 9.94. The van der Waals surface area contributed by atoms with Gasteiger partial charge in [-0.3, -0.25) is 4.99 Å². The minimum atomic E-state index is -0.0476. The molecule has 2 heterocycles. The van der Waals surface area contributed by atoms with Crippen LogP contribution in [0.1, 0.15) is 48.7 Å². The van der Waals surface area contributed by atoms with Gasteiger partial charge >= 0.3 is 0 Å². The summed E-state index contributed by atoms with van der Waals surface area (Å²) in [7, 11) is 1.75. The summed E-state index contributed by atoms with van der Waals surface area (Å²) in [5.41, 5.74) is 2.31. The van der Waals surface area contributed by atoms with Gasteiger partial charge in [-0.05, 0) is 12.0 Å². The van der Waals surface area contributed by atoms with Crippen molar-refractivity contribution < 1.29 is 4.42 Å². The van der Waals surface area contributed by atoms with Gasteiger partial charge in [-0.15, -0.1) is 11.3 Å². The van der Waals surface area contributed by atoms with E-state index in [1.807, 2.05) is 6.07 Å². The molecule has 0 aliphatic carbocycles. The molecular formula is C22H29N5OS. The molecule has 0 radical (unpaired) electrons. The zero-order chi connectivity index (χ0) is 20.7. The number of aromatic nitrogens is 2. The Morgan fingerprint density at radius 1 is 1.10 bits per heavy atom. The molecule has 0 saturated heterocycles. The highest BCUT2D eigenvalue weighted by atomic mass is 32.1. The van der Waals surface area contributed by atoms with Crippen LogP contribution in [0.3, 0.4) is 0 Å². The molecule has 0 amide bonds. The van der Waals surface area contributed by atoms with E-state index in [0.29, 0.717) is 24.9 Å². The summed E-state index contributed by atoms with van der Waals surface area (Å²) >= 11 is 1.71. The molecule has 0 spiro atoms. The summed E-state index contributed by atoms with van der Waals surface area (Å²) in [5, 5.41) is 9.78. The standard InChI is InChI=1S/C22H29N5OS/c1-22(2,3)18-13-24-19(28-18)14-26-21(23-4)25-12-17-15-29-20(27-17)11-10-16-8-6-5-7-9-16/h5-9,13,15H,10-12,14H2,1-4H3,(H2,23,25,26). The highest BCUT2D eigenvalue weighted by Gasteiger charge is 2.19. The summed E-state index contributed by atoms with van der Waals surface area (Å²) in [6.07, 6.45) is 3.76. The molecule has 29 heavy (non-hydrogen) atoms. The second-order valence-corrected chi connectivity index (χ2v) is 8.81. The molecule has 0 unspecified atom stereocenters. The van der Waals surface area contributed by atoms with Gasteiger partial charge in [0.25, 0.3) is 0 Å². The lowest BCUT2D eigenvalue weighted by molar-refractivity contribution is 0.379. The van der Waals surface area contributed by atoms with Crippen molar-refractivity contribution >= 4 is 17.3 Å². The van der Waals surface area contributed by atoms with Crippen molar-refractivity contribution in [2.24, 2.45) is 4.99 Å². The Labute approximate surface area is 176 Å². The monoisotopic (exact) mass is 411 g/mol. The molecule has 0 aliphatic heterocycles. The molecule has 0 saturated carbocycles. The fourth-order valence-electron chi connectivity index (χ4n) is 2.73. The fourth-order valence-corrected chi connectivity index (χ4v) is 3.53. The zero-order valence-corrected chi connectivity index (χ0v) is 18.3. The highest BCUT2D eigenvalue weighted by molar-refractivity contribution is 7.09. The Bertz CT molecular complexity index is 924. The van der Waals surface area contributed by atoms with Gasteiger partial charge in [-0.25, -0.2) is 9.97 Å². The summed E-state index contributed by atoms with van der Waals surface area (Å²) in [5.74, 6) is 2.22. The first kappa shape index (κ1) is 21.0. The average Bonchev–Trinajstić information content (AvgIpc) is 3.37. The normalized spacial score (nSPS) is 12.2. The van der Waals surface area contributed by atoms with Crippen LogP contribution in [0.2, 0.25) is 0 Å². The molecule has 0 aliphatic rings. The molecule has 2 N–H and O–H groups in total. The Balaban J connectivity index is 1.45. The van der Waals surface area contributed by atoms with Crippen LogP contribution in [0, 0.1) is 0 Å². The lowest BCUT2D eigenvalue weighted by Crippen LogP contribution is -2.36. The first-order valence-corrected chi connectivity index (χ1v) is 10.7. The zero-order valence-electron chi connectivity index (χ0n) is 17.5. The number of nitrogens with one attached hydrogen (secondary N) is 2. The predicted molar refractivity (Wildman–Crippen MR) is 118 cm³/mol. The molecule has 1 aromatic carbocycles. The third kappa shape index (κ3) is 6.42. The van der Waals surface area contributed by atoms with E-state index in [1.54, 1.807) is 24.6 Å². The van der Waals surface area contributed by atoms with Crippen LogP contribution in [0.15, 0.2) is 51.3 Å². The number of thiazole rings is 1. The van der Waals surface area contributed by atoms with Gasteiger partial charge in [0.05, 0.1) is 30.0 Å². The maximum absolute atomic E-state index is 5.81. The predicted octanol–water partition coefficient (Wildman–Crippen LogP) is 4.08. The lowest BCUT2D eigenvalue weighted by Gasteiger charge is -2.13. The van der Waals surface area contributed by atoms with Crippen LogP contribution in [0.25, 0.3) is 0 Å². The SMILES string of the molecule is CN=C(NCc1csc(CCc2ccccc2)n1)NCc1ncc(C(C)(C)C)o1. The number of aliphatic imine (C=N–C) groups is 1. The summed E-state index contributed by atoms with van der Waals surface area (Å²) in [4.78, 5) is 13.3. The van der Waals surface area contributed by atoms with E-state index in [2.05, 4.69) is 71.0 Å². The number of nitrogens with zero attached hydrogens (tertiary/aromatic N) is 3. The van der Waals surface area contributed by atoms with Crippen molar-refractivity contribution in [1.29, 1.82) is 0 Å². The molecule has 0 fully saturated rings. The van der Waals surface area contributed by atoms with Crippen LogP contribution in [0.5, 0.6) is 0 Å². The molecule has 6 nitrogen and oxygen atoms in total. The van der Waals surface area contributed by atoms with Gasteiger partial charge < -0.3 is 15.1 Å². The van der Waals surface area contributed by atoms with Gasteiger partial charge in [0.2, 0.25) is 5.89 Å². The minimum absolute atomic E-state index is 0.0476. The molecule has 0 atom stereocenters. The van der Waals surface area contributed by atoms with Crippen molar-refractivity contribution in [2.45, 2.75) is 52.1 Å². The molecule has 154 valence electrons. The molecule has 0 bridgehead atoms. The highest BCUT2D eigenvalue weighted by Crippen LogP contribution is 2.22. The van der Waals surface area contributed by atoms with Crippen LogP contribution < -0.4 is 10.6 Å². The van der Waals surface area contributed by atoms with Gasteiger partial charge in [0.15, 0.2) is 5.96 Å². The number of hydrogen-bond donors (Lipinski definition) is 2. The fraction of sp³-hybridized carbons (Fsp3) is 0.409. The van der Waals surface area contributed by atoms with Crippen LogP contribution >= 0.6 is 11.3 Å². The Morgan fingerprint density at radius 3 is 2.55 bits per heavy atom. The molecule has 3 rings (SSSR count). The number of benzene rings is 1. The Hall–Kier alpha value is -2.67. The molecule has 7 heteroatoms. The maximum atomic E-state index is 5.81. The Kier molecular flexibility index (Phi) is 7.04. The van der Waals surface area contributed by atoms with E-state index >= 15 is 0 Å².